The molecule has 2 aromatic rings. The topological polar surface area (TPSA) is 59.4 Å². The lowest BCUT2D eigenvalue weighted by Gasteiger charge is -2.34. The van der Waals surface area contributed by atoms with Crippen LogP contribution in [0.4, 0.5) is 11.4 Å². The van der Waals surface area contributed by atoms with Gasteiger partial charge in [-0.05, 0) is 57.6 Å². The zero-order valence-corrected chi connectivity index (χ0v) is 22.8. The van der Waals surface area contributed by atoms with Gasteiger partial charge in [0.1, 0.15) is 5.02 Å². The predicted molar refractivity (Wildman–Crippen MR) is 154 cm³/mol. The predicted octanol–water partition coefficient (Wildman–Crippen LogP) is 6.58. The number of halogens is 1. The molecule has 2 aliphatic heterocycles. The molecule has 0 atom stereocenters. The van der Waals surface area contributed by atoms with Crippen molar-refractivity contribution in [2.45, 2.75) is 52.0 Å². The monoisotopic (exact) mass is 512 g/mol. The summed E-state index contributed by atoms with van der Waals surface area (Å²) in [6, 6.07) is 8.51. The van der Waals surface area contributed by atoms with Crippen molar-refractivity contribution in [3.8, 4) is 0 Å². The zero-order chi connectivity index (χ0) is 26.3. The first kappa shape index (κ1) is 29.4. The third-order valence-corrected chi connectivity index (χ3v) is 6.44. The van der Waals surface area contributed by atoms with Crippen molar-refractivity contribution in [1.82, 2.24) is 9.78 Å². The molecule has 0 unspecified atom stereocenters. The Kier molecular flexibility index (Phi) is 13.1. The molecule has 0 radical (unpaired) electrons. The van der Waals surface area contributed by atoms with Gasteiger partial charge >= 0.3 is 0 Å². The smallest absolute Gasteiger partial charge is 0.287 e. The van der Waals surface area contributed by atoms with Gasteiger partial charge in [-0.15, -0.1) is 0 Å². The summed E-state index contributed by atoms with van der Waals surface area (Å²) in [6.07, 6.45) is 12.8. The van der Waals surface area contributed by atoms with Crippen LogP contribution in [-0.2, 0) is 4.74 Å². The van der Waals surface area contributed by atoms with Crippen LogP contribution in [0.2, 0.25) is 5.02 Å². The molecule has 2 fully saturated rings. The van der Waals surface area contributed by atoms with E-state index < -0.39 is 0 Å². The van der Waals surface area contributed by atoms with E-state index in [1.54, 1.807) is 24.0 Å². The number of nitrogens with zero attached hydrogens (tertiary/aromatic N) is 3. The lowest BCUT2D eigenvalue weighted by molar-refractivity contribution is 0.0968. The number of para-hydroxylation sites is 1. The van der Waals surface area contributed by atoms with E-state index in [0.29, 0.717) is 5.69 Å². The van der Waals surface area contributed by atoms with E-state index in [2.05, 4.69) is 59.7 Å². The van der Waals surface area contributed by atoms with Gasteiger partial charge in [0, 0.05) is 39.0 Å². The fraction of sp³-hybridized carbons (Fsp3) is 0.448. The summed E-state index contributed by atoms with van der Waals surface area (Å²) in [5.74, 6) is 0. The summed E-state index contributed by atoms with van der Waals surface area (Å²) in [5.41, 5.74) is 3.97. The molecule has 1 N–H and O–H groups in total. The van der Waals surface area contributed by atoms with Crippen LogP contribution in [0.25, 0.3) is 0 Å². The molecular weight excluding hydrogens is 472 g/mol. The number of hydrogen-bond donors (Lipinski definition) is 1. The van der Waals surface area contributed by atoms with E-state index in [0.717, 1.165) is 44.7 Å². The molecule has 3 heterocycles. The number of hydrogen-bond acceptors (Lipinski definition) is 5. The maximum atomic E-state index is 12.4. The number of aromatic nitrogens is 2. The number of allylic oxidation sites excluding steroid dienone is 4. The summed E-state index contributed by atoms with van der Waals surface area (Å²) in [7, 11) is 1.73. The second-order valence-electron chi connectivity index (χ2n) is 8.99. The van der Waals surface area contributed by atoms with Gasteiger partial charge in [0.25, 0.3) is 5.56 Å². The minimum atomic E-state index is -0.215. The van der Waals surface area contributed by atoms with Crippen LogP contribution >= 0.6 is 11.6 Å². The Morgan fingerprint density at radius 2 is 1.86 bits per heavy atom. The third kappa shape index (κ3) is 9.32. The summed E-state index contributed by atoms with van der Waals surface area (Å²) in [4.78, 5) is 14.7. The molecule has 0 bridgehead atoms. The van der Waals surface area contributed by atoms with Crippen molar-refractivity contribution in [3.05, 3.63) is 88.4 Å². The first-order valence-electron chi connectivity index (χ1n) is 12.7. The van der Waals surface area contributed by atoms with Gasteiger partial charge in [-0.25, -0.2) is 4.68 Å². The molecule has 7 heteroatoms. The van der Waals surface area contributed by atoms with Crippen molar-refractivity contribution in [2.75, 3.05) is 43.6 Å². The molecular formula is C29H41ClN4O2. The largest absolute Gasteiger partial charge is 0.385 e. The number of aryl methyl sites for hydroxylation is 1. The molecule has 196 valence electrons. The van der Waals surface area contributed by atoms with E-state index in [9.17, 15) is 4.79 Å². The highest BCUT2D eigenvalue weighted by Crippen LogP contribution is 2.28. The van der Waals surface area contributed by atoms with E-state index in [1.807, 2.05) is 19.1 Å². The van der Waals surface area contributed by atoms with Gasteiger partial charge in [0.15, 0.2) is 0 Å². The standard InChI is InChI=1S/C17H21ClN4O.C7H10.C5H10O/c1-12-5-3-4-6-15(12)21-9-7-13(8-10-21)22-17(23)16(18)14(19-2)11-20-22;1-4-5-6-7(2)3;1-2-4-6-5-3-1/h3-6,11,13,19H,7-10H2,1-2H3;4-6H,1-2H2,3H3;1-5H2/b;6-5-;. The summed E-state index contributed by atoms with van der Waals surface area (Å²) < 4.78 is 6.61. The normalized spacial score (nSPS) is 15.8. The van der Waals surface area contributed by atoms with Crippen molar-refractivity contribution < 1.29 is 4.74 Å². The molecule has 0 aliphatic carbocycles. The highest BCUT2D eigenvalue weighted by molar-refractivity contribution is 6.32. The Balaban J connectivity index is 0.000000287. The van der Waals surface area contributed by atoms with Crippen LogP contribution in [0, 0.1) is 6.92 Å². The zero-order valence-electron chi connectivity index (χ0n) is 22.0. The van der Waals surface area contributed by atoms with Crippen molar-refractivity contribution in [1.29, 1.82) is 0 Å². The van der Waals surface area contributed by atoms with Crippen molar-refractivity contribution in [2.24, 2.45) is 0 Å². The van der Waals surface area contributed by atoms with Crippen LogP contribution in [0.5, 0.6) is 0 Å². The summed E-state index contributed by atoms with van der Waals surface area (Å²) in [6.45, 7) is 15.1. The maximum absolute atomic E-state index is 12.4. The lowest BCUT2D eigenvalue weighted by Crippen LogP contribution is -2.38. The number of ether oxygens (including phenoxy) is 1. The number of anilines is 2. The fourth-order valence-corrected chi connectivity index (χ4v) is 4.30. The number of nitrogens with one attached hydrogen (secondary N) is 1. The Morgan fingerprint density at radius 3 is 2.33 bits per heavy atom. The number of piperidine rings is 1. The second kappa shape index (κ2) is 16.0. The summed E-state index contributed by atoms with van der Waals surface area (Å²) >= 11 is 6.12. The molecule has 6 nitrogen and oxygen atoms in total. The molecule has 2 saturated heterocycles. The van der Waals surface area contributed by atoms with Gasteiger partial charge in [0.2, 0.25) is 0 Å². The molecule has 36 heavy (non-hydrogen) atoms. The van der Waals surface area contributed by atoms with E-state index in [4.69, 9.17) is 16.3 Å². The Hall–Kier alpha value is -2.83. The van der Waals surface area contributed by atoms with Gasteiger partial charge in [-0.2, -0.15) is 5.10 Å². The quantitative estimate of drug-likeness (QED) is 0.458. The van der Waals surface area contributed by atoms with E-state index in [1.165, 1.54) is 30.5 Å². The molecule has 0 spiro atoms. The molecule has 1 aromatic heterocycles. The van der Waals surface area contributed by atoms with E-state index >= 15 is 0 Å². The summed E-state index contributed by atoms with van der Waals surface area (Å²) in [5, 5.41) is 7.38. The average molecular weight is 513 g/mol. The third-order valence-electron chi connectivity index (χ3n) is 6.07. The number of rotatable bonds is 5. The molecule has 0 saturated carbocycles. The van der Waals surface area contributed by atoms with E-state index in [-0.39, 0.29) is 16.6 Å². The minimum absolute atomic E-state index is 0.103. The van der Waals surface area contributed by atoms with Crippen LogP contribution in [0.15, 0.2) is 72.2 Å². The van der Waals surface area contributed by atoms with Crippen molar-refractivity contribution >= 4 is 23.0 Å². The molecule has 0 amide bonds. The van der Waals surface area contributed by atoms with Crippen LogP contribution < -0.4 is 15.8 Å². The van der Waals surface area contributed by atoms with Crippen molar-refractivity contribution in [3.63, 3.8) is 0 Å². The van der Waals surface area contributed by atoms with Gasteiger partial charge in [0.05, 0.1) is 17.9 Å². The highest BCUT2D eigenvalue weighted by atomic mass is 35.5. The first-order valence-corrected chi connectivity index (χ1v) is 13.0. The second-order valence-corrected chi connectivity index (χ2v) is 9.37. The maximum Gasteiger partial charge on any atom is 0.287 e. The minimum Gasteiger partial charge on any atom is -0.385 e. The van der Waals surface area contributed by atoms with Gasteiger partial charge in [-0.3, -0.25) is 4.79 Å². The Morgan fingerprint density at radius 1 is 1.19 bits per heavy atom. The molecule has 1 aromatic carbocycles. The van der Waals surface area contributed by atoms with Crippen LogP contribution in [0.3, 0.4) is 0 Å². The molecule has 4 rings (SSSR count). The Bertz CT molecular complexity index is 1040. The SMILES string of the molecule is C1CCOCC1.C=C/C=C\C(=C)C.CNc1cnn(C2CCN(c3ccccc3C)CC2)c(=O)c1Cl. The first-order chi connectivity index (χ1) is 17.4. The highest BCUT2D eigenvalue weighted by Gasteiger charge is 2.24. The Labute approximate surface area is 221 Å². The lowest BCUT2D eigenvalue weighted by atomic mass is 10.0. The number of benzene rings is 1. The molecule has 2 aliphatic rings. The van der Waals surface area contributed by atoms with Gasteiger partial charge < -0.3 is 15.0 Å². The fourth-order valence-electron chi connectivity index (χ4n) is 4.07. The van der Waals surface area contributed by atoms with Gasteiger partial charge in [-0.1, -0.05) is 66.8 Å². The average Bonchev–Trinajstić information content (AvgIpc) is 2.91. The van der Waals surface area contributed by atoms with Crippen LogP contribution in [-0.4, -0.2) is 43.1 Å². The van der Waals surface area contributed by atoms with Crippen LogP contribution in [0.1, 0.15) is 50.6 Å².